The van der Waals surface area contributed by atoms with Crippen LogP contribution in [0.3, 0.4) is 0 Å². The summed E-state index contributed by atoms with van der Waals surface area (Å²) < 4.78 is 46.6. The number of aliphatic hydroxyl groups is 14. The van der Waals surface area contributed by atoms with Gasteiger partial charge in [-0.2, -0.15) is 0 Å². The molecule has 4 rings (SSSR count). The molecule has 22 nitrogen and oxygen atoms in total. The number of hydrogen-bond acceptors (Lipinski definition) is 22. The second-order valence-electron chi connectivity index (χ2n) is 18.3. The normalized spacial score (nSPS) is 40.6. The quantitative estimate of drug-likeness (QED) is 0.0350. The maximum Gasteiger partial charge on any atom is 0.194 e. The van der Waals surface area contributed by atoms with E-state index in [0.29, 0.717) is 12.8 Å². The molecule has 22 heteroatoms. The molecule has 4 saturated heterocycles. The van der Waals surface area contributed by atoms with Gasteiger partial charge in [0.25, 0.3) is 0 Å². The van der Waals surface area contributed by atoms with Crippen LogP contribution >= 0.6 is 0 Å². The van der Waals surface area contributed by atoms with Gasteiger partial charge in [0.2, 0.25) is 0 Å². The van der Waals surface area contributed by atoms with E-state index in [1.807, 2.05) is 0 Å². The molecular formula is C43H80O22. The first-order valence-electron chi connectivity index (χ1n) is 23.5. The summed E-state index contributed by atoms with van der Waals surface area (Å²) in [6.45, 7) is 0.704. The lowest BCUT2D eigenvalue weighted by molar-refractivity contribution is -0.395. The summed E-state index contributed by atoms with van der Waals surface area (Å²) in [5.41, 5.74) is -0.872. The molecule has 0 saturated carbocycles. The van der Waals surface area contributed by atoms with Crippen molar-refractivity contribution in [3.8, 4) is 0 Å². The van der Waals surface area contributed by atoms with E-state index in [-0.39, 0.29) is 13.2 Å². The molecule has 0 radical (unpaired) electrons. The first-order chi connectivity index (χ1) is 31.0. The van der Waals surface area contributed by atoms with Crippen molar-refractivity contribution in [2.45, 2.75) is 227 Å². The first kappa shape index (κ1) is 56.7. The van der Waals surface area contributed by atoms with Gasteiger partial charge in [0.15, 0.2) is 30.9 Å². The Morgan fingerprint density at radius 1 is 0.477 bits per heavy atom. The molecule has 0 bridgehead atoms. The fourth-order valence-electron chi connectivity index (χ4n) is 8.91. The minimum atomic E-state index is -2.29. The summed E-state index contributed by atoms with van der Waals surface area (Å²) in [4.78, 5) is 0. The summed E-state index contributed by atoms with van der Waals surface area (Å²) in [6, 6.07) is 0. The van der Waals surface area contributed by atoms with E-state index in [4.69, 9.17) is 37.9 Å². The van der Waals surface area contributed by atoms with Gasteiger partial charge in [-0.1, -0.05) is 90.9 Å². The topological polar surface area (TPSA) is 357 Å². The second-order valence-corrected chi connectivity index (χ2v) is 18.3. The largest absolute Gasteiger partial charge is 0.394 e. The molecule has 10 unspecified atom stereocenters. The zero-order chi connectivity index (χ0) is 47.9. The monoisotopic (exact) mass is 949 g/mol. The standard InChI is InChI=1S/C43H80O22/c1-3-5-7-9-11-13-15-42(16-14-12-10-8-6-4-2,22-58-38-34(55)31(52)36(26(19-45)61-38)63-40-33(54)30(51)29(50)25(18-44)60-40)23-59-39-35(56)32(53)37(27(20-46)62-39)64-41-28(49)24(48)17-43(57,21-47)65-41/h24-41,44-57H,3-23H2,1-2H3/t24?,25?,26?,27?,28?,29-,30+,31-,32?,33?,34?,35?,36-,37-,38-,39-,40+,41+,43?/m1/s1. The highest BCUT2D eigenvalue weighted by Gasteiger charge is 2.53. The summed E-state index contributed by atoms with van der Waals surface area (Å²) in [5.74, 6) is -2.29. The van der Waals surface area contributed by atoms with Gasteiger partial charge in [0, 0.05) is 11.8 Å². The Hall–Kier alpha value is -0.880. The molecule has 19 atom stereocenters. The molecule has 0 aliphatic carbocycles. The van der Waals surface area contributed by atoms with Gasteiger partial charge in [-0.25, -0.2) is 0 Å². The molecule has 4 aliphatic rings. The minimum absolute atomic E-state index is 0.144. The number of aliphatic hydroxyl groups excluding tert-OH is 13. The predicted molar refractivity (Wildman–Crippen MR) is 223 cm³/mol. The number of ether oxygens (including phenoxy) is 8. The highest BCUT2D eigenvalue weighted by Crippen LogP contribution is 2.38. The van der Waals surface area contributed by atoms with Crippen LogP contribution in [0.25, 0.3) is 0 Å². The van der Waals surface area contributed by atoms with Crippen molar-refractivity contribution in [2.75, 3.05) is 39.6 Å². The van der Waals surface area contributed by atoms with Gasteiger partial charge >= 0.3 is 0 Å². The van der Waals surface area contributed by atoms with Gasteiger partial charge in [0.1, 0.15) is 79.4 Å². The molecule has 384 valence electrons. The third kappa shape index (κ3) is 15.3. The Kier molecular flexibility index (Phi) is 24.0. The molecule has 4 fully saturated rings. The molecule has 4 heterocycles. The van der Waals surface area contributed by atoms with Crippen molar-refractivity contribution in [3.63, 3.8) is 0 Å². The van der Waals surface area contributed by atoms with Crippen molar-refractivity contribution in [3.05, 3.63) is 0 Å². The first-order valence-corrected chi connectivity index (χ1v) is 23.5. The molecule has 0 aromatic rings. The van der Waals surface area contributed by atoms with Gasteiger partial charge in [0.05, 0.1) is 45.7 Å². The third-order valence-corrected chi connectivity index (χ3v) is 13.1. The van der Waals surface area contributed by atoms with Crippen LogP contribution in [-0.4, -0.2) is 228 Å². The van der Waals surface area contributed by atoms with Crippen LogP contribution in [0.5, 0.6) is 0 Å². The van der Waals surface area contributed by atoms with Crippen LogP contribution in [0.2, 0.25) is 0 Å². The van der Waals surface area contributed by atoms with E-state index in [9.17, 15) is 71.5 Å². The van der Waals surface area contributed by atoms with Crippen LogP contribution in [0.4, 0.5) is 0 Å². The maximum atomic E-state index is 11.4. The zero-order valence-electron chi connectivity index (χ0n) is 37.8. The van der Waals surface area contributed by atoms with Gasteiger partial charge in [-0.3, -0.25) is 0 Å². The van der Waals surface area contributed by atoms with E-state index in [0.717, 1.165) is 77.0 Å². The SMILES string of the molecule is CCCCCCCCC(CCCCCCCC)(CO[C@@H]1OC(CO)[C@@H](O[C@H]2OC(O)(CO)CC(O)C2O)C(O)C1O)CO[C@@H]1OC(CO)[C@@H](O[C@@H]2OC(CO)[C@@H](O)[C@H](O)C2O)[C@H](O)C1O. The molecule has 0 spiro atoms. The maximum absolute atomic E-state index is 11.4. The van der Waals surface area contributed by atoms with Crippen LogP contribution in [-0.2, 0) is 37.9 Å². The second kappa shape index (κ2) is 27.5. The van der Waals surface area contributed by atoms with E-state index in [1.54, 1.807) is 0 Å². The molecule has 4 aliphatic heterocycles. The Bertz CT molecular complexity index is 1280. The lowest BCUT2D eigenvalue weighted by atomic mass is 9.79. The number of hydrogen-bond donors (Lipinski definition) is 14. The van der Waals surface area contributed by atoms with Crippen LogP contribution in [0.1, 0.15) is 110 Å². The summed E-state index contributed by atoms with van der Waals surface area (Å²) in [6.07, 6.45) is -17.8. The highest BCUT2D eigenvalue weighted by atomic mass is 16.8. The molecule has 0 amide bonds. The highest BCUT2D eigenvalue weighted by molar-refractivity contribution is 4.96. The van der Waals surface area contributed by atoms with E-state index >= 15 is 0 Å². The summed E-state index contributed by atoms with van der Waals surface area (Å²) in [7, 11) is 0. The smallest absolute Gasteiger partial charge is 0.194 e. The van der Waals surface area contributed by atoms with E-state index in [2.05, 4.69) is 13.8 Å². The van der Waals surface area contributed by atoms with Crippen molar-refractivity contribution in [1.29, 1.82) is 0 Å². The van der Waals surface area contributed by atoms with Crippen LogP contribution in [0, 0.1) is 5.41 Å². The van der Waals surface area contributed by atoms with Gasteiger partial charge in [-0.05, 0) is 12.8 Å². The lowest BCUT2D eigenvalue weighted by Crippen LogP contribution is -2.65. The fourth-order valence-corrected chi connectivity index (χ4v) is 8.91. The Balaban J connectivity index is 1.53. The Labute approximate surface area is 380 Å². The van der Waals surface area contributed by atoms with E-state index < -0.39 is 155 Å². The zero-order valence-corrected chi connectivity index (χ0v) is 37.8. The van der Waals surface area contributed by atoms with Crippen LogP contribution in [0.15, 0.2) is 0 Å². The van der Waals surface area contributed by atoms with Crippen LogP contribution < -0.4 is 0 Å². The van der Waals surface area contributed by atoms with Crippen molar-refractivity contribution >= 4 is 0 Å². The Morgan fingerprint density at radius 3 is 1.34 bits per heavy atom. The molecule has 65 heavy (non-hydrogen) atoms. The predicted octanol–water partition coefficient (Wildman–Crippen LogP) is -2.90. The average Bonchev–Trinajstić information content (AvgIpc) is 3.30. The van der Waals surface area contributed by atoms with Crippen molar-refractivity contribution in [2.24, 2.45) is 5.41 Å². The summed E-state index contributed by atoms with van der Waals surface area (Å²) >= 11 is 0. The molecular weight excluding hydrogens is 868 g/mol. The molecule has 0 aromatic heterocycles. The fraction of sp³-hybridized carbons (Fsp3) is 1.00. The van der Waals surface area contributed by atoms with Crippen molar-refractivity contribution in [1.82, 2.24) is 0 Å². The van der Waals surface area contributed by atoms with Gasteiger partial charge < -0.3 is 109 Å². The summed E-state index contributed by atoms with van der Waals surface area (Å²) in [5, 5.41) is 148. The van der Waals surface area contributed by atoms with Crippen molar-refractivity contribution < 1.29 is 109 Å². The minimum Gasteiger partial charge on any atom is -0.394 e. The number of rotatable bonds is 28. The molecule has 0 aromatic carbocycles. The third-order valence-electron chi connectivity index (χ3n) is 13.1. The van der Waals surface area contributed by atoms with Gasteiger partial charge in [-0.15, -0.1) is 0 Å². The lowest BCUT2D eigenvalue weighted by Gasteiger charge is -2.47. The number of unbranched alkanes of at least 4 members (excludes halogenated alkanes) is 10. The average molecular weight is 949 g/mol. The Morgan fingerprint density at radius 2 is 0.892 bits per heavy atom. The molecule has 14 N–H and O–H groups in total. The van der Waals surface area contributed by atoms with E-state index in [1.165, 1.54) is 0 Å².